The van der Waals surface area contributed by atoms with Gasteiger partial charge in [-0.1, -0.05) is 6.07 Å². The summed E-state index contributed by atoms with van der Waals surface area (Å²) in [4.78, 5) is 53.9. The normalized spacial score (nSPS) is 17.8. The Kier molecular flexibility index (Phi) is 11.1. The number of likely N-dealkylation sites (tertiary alicyclic amines) is 1. The third-order valence-electron chi connectivity index (χ3n) is 5.17. The molecule has 2 N–H and O–H groups in total. The third kappa shape index (κ3) is 9.99. The van der Waals surface area contributed by atoms with Gasteiger partial charge in [0.1, 0.15) is 12.2 Å². The topological polar surface area (TPSA) is 136 Å². The number of carbonyl (C=O) groups excluding carboxylic acids is 4. The number of pyridine rings is 1. The van der Waals surface area contributed by atoms with Crippen LogP contribution in [-0.2, 0) is 33.4 Å². The molecule has 2 atom stereocenters. The lowest BCUT2D eigenvalue weighted by atomic mass is 9.94. The number of rotatable bonds is 13. The van der Waals surface area contributed by atoms with E-state index in [9.17, 15) is 19.2 Å². The number of ether oxygens (including phenoxy) is 3. The Bertz CT molecular complexity index is 857. The number of hydrogen-bond donors (Lipinski definition) is 2. The Morgan fingerprint density at radius 2 is 1.83 bits per heavy atom. The Morgan fingerprint density at radius 3 is 2.51 bits per heavy atom. The molecule has 0 radical (unpaired) electrons. The van der Waals surface area contributed by atoms with E-state index in [2.05, 4.69) is 15.6 Å². The highest BCUT2D eigenvalue weighted by Gasteiger charge is 2.42. The number of esters is 1. The SMILES string of the molecule is CN1C(=O)C[C@H](C(=O)NCCOCC(=O)NCCOCCC(=O)OC(C)(C)C)[C@H]1c1cccnc1. The summed E-state index contributed by atoms with van der Waals surface area (Å²) >= 11 is 0. The van der Waals surface area contributed by atoms with Gasteiger partial charge < -0.3 is 29.7 Å². The second-order valence-electron chi connectivity index (χ2n) is 9.19. The first-order valence-corrected chi connectivity index (χ1v) is 11.7. The van der Waals surface area contributed by atoms with Gasteiger partial charge >= 0.3 is 5.97 Å². The van der Waals surface area contributed by atoms with Crippen molar-refractivity contribution in [3.8, 4) is 0 Å². The van der Waals surface area contributed by atoms with Crippen molar-refractivity contribution < 1.29 is 33.4 Å². The zero-order chi connectivity index (χ0) is 25.8. The highest BCUT2D eigenvalue weighted by atomic mass is 16.6. The molecule has 0 spiro atoms. The minimum absolute atomic E-state index is 0.0965. The average Bonchev–Trinajstić information content (AvgIpc) is 3.09. The second-order valence-corrected chi connectivity index (χ2v) is 9.19. The van der Waals surface area contributed by atoms with E-state index in [-0.39, 0.29) is 82.1 Å². The molecule has 1 aliphatic rings. The molecule has 0 aromatic carbocycles. The van der Waals surface area contributed by atoms with Gasteiger partial charge in [-0.05, 0) is 32.4 Å². The molecule has 3 amide bonds. The molecule has 11 nitrogen and oxygen atoms in total. The molecule has 0 saturated carbocycles. The molecular weight excluding hydrogens is 456 g/mol. The highest BCUT2D eigenvalue weighted by molar-refractivity contribution is 5.90. The molecule has 1 aromatic rings. The van der Waals surface area contributed by atoms with Crippen LogP contribution < -0.4 is 10.6 Å². The number of carbonyl (C=O) groups is 4. The predicted octanol–water partition coefficient (Wildman–Crippen LogP) is 0.598. The molecular formula is C24H36N4O7. The van der Waals surface area contributed by atoms with Crippen LogP contribution in [0.5, 0.6) is 0 Å². The largest absolute Gasteiger partial charge is 0.460 e. The summed E-state index contributed by atoms with van der Waals surface area (Å²) in [5, 5.41) is 5.42. The van der Waals surface area contributed by atoms with Crippen LogP contribution in [-0.4, -0.2) is 85.7 Å². The lowest BCUT2D eigenvalue weighted by Gasteiger charge is -2.24. The van der Waals surface area contributed by atoms with Crippen LogP contribution >= 0.6 is 0 Å². The van der Waals surface area contributed by atoms with Crippen molar-refractivity contribution in [3.05, 3.63) is 30.1 Å². The lowest BCUT2D eigenvalue weighted by Crippen LogP contribution is -2.37. The summed E-state index contributed by atoms with van der Waals surface area (Å²) in [5.41, 5.74) is 0.283. The zero-order valence-corrected chi connectivity index (χ0v) is 20.9. The first-order valence-electron chi connectivity index (χ1n) is 11.7. The summed E-state index contributed by atoms with van der Waals surface area (Å²) in [5.74, 6) is -1.50. The van der Waals surface area contributed by atoms with Gasteiger partial charge in [0.15, 0.2) is 0 Å². The van der Waals surface area contributed by atoms with Gasteiger partial charge in [0.05, 0.1) is 38.2 Å². The smallest absolute Gasteiger partial charge is 0.308 e. The fourth-order valence-electron chi connectivity index (χ4n) is 3.62. The van der Waals surface area contributed by atoms with Gasteiger partial charge in [-0.15, -0.1) is 0 Å². The van der Waals surface area contributed by atoms with E-state index in [1.54, 1.807) is 51.2 Å². The summed E-state index contributed by atoms with van der Waals surface area (Å²) in [6, 6.07) is 3.26. The van der Waals surface area contributed by atoms with E-state index in [1.165, 1.54) is 0 Å². The molecule has 0 bridgehead atoms. The van der Waals surface area contributed by atoms with Crippen LogP contribution in [0.25, 0.3) is 0 Å². The minimum atomic E-state index is -0.525. The van der Waals surface area contributed by atoms with E-state index >= 15 is 0 Å². The van der Waals surface area contributed by atoms with E-state index in [1.807, 2.05) is 6.07 Å². The number of aromatic nitrogens is 1. The molecule has 0 aliphatic carbocycles. The second kappa shape index (κ2) is 13.7. The summed E-state index contributed by atoms with van der Waals surface area (Å²) in [6.07, 6.45) is 3.58. The number of hydrogen-bond acceptors (Lipinski definition) is 8. The Balaban J connectivity index is 1.56. The van der Waals surface area contributed by atoms with Crippen molar-refractivity contribution in [2.75, 3.05) is 46.6 Å². The van der Waals surface area contributed by atoms with Crippen LogP contribution in [0.2, 0.25) is 0 Å². The van der Waals surface area contributed by atoms with Crippen molar-refractivity contribution in [1.82, 2.24) is 20.5 Å². The molecule has 194 valence electrons. The van der Waals surface area contributed by atoms with Crippen molar-refractivity contribution in [2.45, 2.75) is 45.3 Å². The maximum absolute atomic E-state index is 12.7. The molecule has 1 fully saturated rings. The third-order valence-corrected chi connectivity index (χ3v) is 5.17. The van der Waals surface area contributed by atoms with E-state index < -0.39 is 11.5 Å². The maximum Gasteiger partial charge on any atom is 0.308 e. The zero-order valence-electron chi connectivity index (χ0n) is 20.9. The van der Waals surface area contributed by atoms with Crippen molar-refractivity contribution >= 4 is 23.7 Å². The fourth-order valence-corrected chi connectivity index (χ4v) is 3.62. The van der Waals surface area contributed by atoms with Crippen LogP contribution in [0.15, 0.2) is 24.5 Å². The minimum Gasteiger partial charge on any atom is -0.460 e. The molecule has 1 saturated heterocycles. The van der Waals surface area contributed by atoms with Gasteiger partial charge in [0.2, 0.25) is 17.7 Å². The first kappa shape index (κ1) is 28.2. The van der Waals surface area contributed by atoms with Crippen LogP contribution in [0.1, 0.15) is 45.2 Å². The van der Waals surface area contributed by atoms with Crippen LogP contribution in [0.3, 0.4) is 0 Å². The van der Waals surface area contributed by atoms with Crippen molar-refractivity contribution in [3.63, 3.8) is 0 Å². The van der Waals surface area contributed by atoms with Gasteiger partial charge in [-0.2, -0.15) is 0 Å². The monoisotopic (exact) mass is 492 g/mol. The van der Waals surface area contributed by atoms with Crippen molar-refractivity contribution in [2.24, 2.45) is 5.92 Å². The van der Waals surface area contributed by atoms with E-state index in [4.69, 9.17) is 14.2 Å². The van der Waals surface area contributed by atoms with Gasteiger partial charge in [-0.3, -0.25) is 24.2 Å². The number of nitrogens with zero attached hydrogens (tertiary/aromatic N) is 2. The molecule has 2 rings (SSSR count). The maximum atomic E-state index is 12.7. The molecule has 11 heteroatoms. The van der Waals surface area contributed by atoms with Gasteiger partial charge in [0, 0.05) is 39.0 Å². The summed E-state index contributed by atoms with van der Waals surface area (Å²) in [7, 11) is 1.68. The Morgan fingerprint density at radius 1 is 1.11 bits per heavy atom. The highest BCUT2D eigenvalue weighted by Crippen LogP contribution is 2.36. The summed E-state index contributed by atoms with van der Waals surface area (Å²) in [6.45, 7) is 6.37. The van der Waals surface area contributed by atoms with Crippen molar-refractivity contribution in [1.29, 1.82) is 0 Å². The van der Waals surface area contributed by atoms with Gasteiger partial charge in [-0.25, -0.2) is 0 Å². The summed E-state index contributed by atoms with van der Waals surface area (Å²) < 4.78 is 15.8. The average molecular weight is 493 g/mol. The Labute approximate surface area is 205 Å². The fraction of sp³-hybridized carbons (Fsp3) is 0.625. The molecule has 1 aliphatic heterocycles. The first-order chi connectivity index (χ1) is 16.6. The molecule has 1 aromatic heterocycles. The van der Waals surface area contributed by atoms with Crippen LogP contribution in [0, 0.1) is 5.92 Å². The molecule has 35 heavy (non-hydrogen) atoms. The number of amides is 3. The van der Waals surface area contributed by atoms with E-state index in [0.29, 0.717) is 0 Å². The number of nitrogens with one attached hydrogen (secondary N) is 2. The lowest BCUT2D eigenvalue weighted by molar-refractivity contribution is -0.156. The molecule has 0 unspecified atom stereocenters. The Hall–Kier alpha value is -3.05. The standard InChI is InChI=1S/C24H36N4O7/c1-24(2,3)35-21(31)7-11-33-12-9-26-19(29)16-34-13-10-27-23(32)18-14-20(30)28(4)22(18)17-6-5-8-25-15-17/h5-6,8,15,18,22H,7,9-14,16H2,1-4H3,(H,26,29)(H,27,32)/t18-,22+/m0/s1. The predicted molar refractivity (Wildman–Crippen MR) is 126 cm³/mol. The van der Waals surface area contributed by atoms with Crippen LogP contribution in [0.4, 0.5) is 0 Å². The van der Waals surface area contributed by atoms with Gasteiger partial charge in [0.25, 0.3) is 0 Å². The molecule has 2 heterocycles. The quantitative estimate of drug-likeness (QED) is 0.302. The van der Waals surface area contributed by atoms with E-state index in [0.717, 1.165) is 5.56 Å².